The summed E-state index contributed by atoms with van der Waals surface area (Å²) in [5.74, 6) is 0.642. The lowest BCUT2D eigenvalue weighted by atomic mass is 9.77. The van der Waals surface area contributed by atoms with Crippen LogP contribution in [0.15, 0.2) is 22.7 Å². The number of halogens is 1. The van der Waals surface area contributed by atoms with Gasteiger partial charge in [-0.1, -0.05) is 28.1 Å². The minimum atomic E-state index is -0.294. The summed E-state index contributed by atoms with van der Waals surface area (Å²) in [5, 5.41) is 3.42. The second kappa shape index (κ2) is 5.93. The molecule has 0 atom stereocenters. The van der Waals surface area contributed by atoms with Crippen LogP contribution in [0.1, 0.15) is 52.0 Å². The molecule has 22 heavy (non-hydrogen) atoms. The maximum Gasteiger partial charge on any atom is 0.494 e. The maximum atomic E-state index is 6.14. The molecule has 120 valence electrons. The number of rotatable bonds is 2. The molecule has 2 saturated heterocycles. The first kappa shape index (κ1) is 16.5. The monoisotopic (exact) mass is 365 g/mol. The third-order valence-electron chi connectivity index (χ3n) is 5.33. The average molecular weight is 366 g/mol. The molecule has 1 N–H and O–H groups in total. The normalized spacial score (nSPS) is 24.7. The van der Waals surface area contributed by atoms with Crippen LogP contribution >= 0.6 is 15.9 Å². The van der Waals surface area contributed by atoms with Gasteiger partial charge in [-0.25, -0.2) is 0 Å². The van der Waals surface area contributed by atoms with Crippen LogP contribution in [-0.2, 0) is 9.31 Å². The topological polar surface area (TPSA) is 30.5 Å². The lowest BCUT2D eigenvalue weighted by Crippen LogP contribution is -2.41. The Hall–Kier alpha value is -0.355. The van der Waals surface area contributed by atoms with Crippen molar-refractivity contribution >= 4 is 28.5 Å². The van der Waals surface area contributed by atoms with Crippen molar-refractivity contribution in [2.75, 3.05) is 13.1 Å². The molecular weight excluding hydrogens is 341 g/mol. The molecule has 3 rings (SSSR count). The maximum absolute atomic E-state index is 6.14. The van der Waals surface area contributed by atoms with E-state index in [1.165, 1.54) is 22.9 Å². The Labute approximate surface area is 142 Å². The Kier molecular flexibility index (Phi) is 4.45. The van der Waals surface area contributed by atoms with Crippen molar-refractivity contribution in [1.82, 2.24) is 5.32 Å². The fraction of sp³-hybridized carbons (Fsp3) is 0.647. The van der Waals surface area contributed by atoms with Gasteiger partial charge < -0.3 is 14.6 Å². The van der Waals surface area contributed by atoms with Crippen LogP contribution in [0.4, 0.5) is 0 Å². The summed E-state index contributed by atoms with van der Waals surface area (Å²) in [6.45, 7) is 10.6. The van der Waals surface area contributed by atoms with Gasteiger partial charge in [-0.15, -0.1) is 0 Å². The van der Waals surface area contributed by atoms with Gasteiger partial charge in [-0.2, -0.15) is 0 Å². The summed E-state index contributed by atoms with van der Waals surface area (Å²) in [4.78, 5) is 0. The first-order valence-electron chi connectivity index (χ1n) is 8.16. The molecule has 0 radical (unpaired) electrons. The molecule has 0 aliphatic carbocycles. The van der Waals surface area contributed by atoms with Crippen molar-refractivity contribution in [3.8, 4) is 0 Å². The highest BCUT2D eigenvalue weighted by molar-refractivity contribution is 9.10. The van der Waals surface area contributed by atoms with Crippen LogP contribution in [0.5, 0.6) is 0 Å². The number of piperidine rings is 1. The van der Waals surface area contributed by atoms with Crippen molar-refractivity contribution in [1.29, 1.82) is 0 Å². The van der Waals surface area contributed by atoms with Gasteiger partial charge in [-0.05, 0) is 76.6 Å². The quantitative estimate of drug-likeness (QED) is 0.816. The van der Waals surface area contributed by atoms with Crippen LogP contribution < -0.4 is 10.8 Å². The number of benzene rings is 1. The fourth-order valence-corrected chi connectivity index (χ4v) is 3.85. The molecule has 0 aromatic heterocycles. The van der Waals surface area contributed by atoms with Crippen LogP contribution in [0.2, 0.25) is 0 Å². The zero-order valence-electron chi connectivity index (χ0n) is 13.9. The second-order valence-corrected chi connectivity index (χ2v) is 8.25. The molecule has 5 heteroatoms. The lowest BCUT2D eigenvalue weighted by Gasteiger charge is -2.32. The minimum Gasteiger partial charge on any atom is -0.399 e. The standard InChI is InChI=1S/C17H25BBrNO2/c1-16(2)17(3,4)22-18(21-16)13-5-6-14(15(19)11-13)12-7-9-20-10-8-12/h5-6,11-12,20H,7-10H2,1-4H3. The predicted molar refractivity (Wildman–Crippen MR) is 94.7 cm³/mol. The van der Waals surface area contributed by atoms with E-state index in [4.69, 9.17) is 9.31 Å². The first-order chi connectivity index (χ1) is 10.3. The van der Waals surface area contributed by atoms with Gasteiger partial charge >= 0.3 is 7.12 Å². The van der Waals surface area contributed by atoms with E-state index in [1.54, 1.807) is 0 Å². The van der Waals surface area contributed by atoms with Crippen molar-refractivity contribution in [3.63, 3.8) is 0 Å². The third-order valence-corrected chi connectivity index (χ3v) is 6.02. The average Bonchev–Trinajstić information content (AvgIpc) is 2.68. The van der Waals surface area contributed by atoms with Gasteiger partial charge in [0.1, 0.15) is 0 Å². The van der Waals surface area contributed by atoms with Crippen molar-refractivity contribution in [2.45, 2.75) is 57.7 Å². The molecule has 0 spiro atoms. The number of hydrogen-bond donors (Lipinski definition) is 1. The Bertz CT molecular complexity index is 540. The molecule has 0 unspecified atom stereocenters. The molecule has 1 aromatic rings. The van der Waals surface area contributed by atoms with E-state index in [0.29, 0.717) is 5.92 Å². The molecule has 2 heterocycles. The van der Waals surface area contributed by atoms with Crippen LogP contribution in [-0.4, -0.2) is 31.4 Å². The van der Waals surface area contributed by atoms with E-state index in [1.807, 2.05) is 0 Å². The summed E-state index contributed by atoms with van der Waals surface area (Å²) in [6.07, 6.45) is 2.41. The Morgan fingerprint density at radius 3 is 2.23 bits per heavy atom. The fourth-order valence-electron chi connectivity index (χ4n) is 3.13. The molecular formula is C17H25BBrNO2. The highest BCUT2D eigenvalue weighted by Gasteiger charge is 2.51. The molecule has 1 aromatic carbocycles. The Morgan fingerprint density at radius 2 is 1.68 bits per heavy atom. The zero-order valence-corrected chi connectivity index (χ0v) is 15.5. The summed E-state index contributed by atoms with van der Waals surface area (Å²) in [5.41, 5.74) is 1.90. The van der Waals surface area contributed by atoms with E-state index in [-0.39, 0.29) is 18.3 Å². The van der Waals surface area contributed by atoms with Crippen molar-refractivity contribution in [2.24, 2.45) is 0 Å². The summed E-state index contributed by atoms with van der Waals surface area (Å²) >= 11 is 3.76. The van der Waals surface area contributed by atoms with E-state index >= 15 is 0 Å². The van der Waals surface area contributed by atoms with E-state index in [0.717, 1.165) is 18.6 Å². The summed E-state index contributed by atoms with van der Waals surface area (Å²) < 4.78 is 13.4. The molecule has 0 amide bonds. The molecule has 0 saturated carbocycles. The van der Waals surface area contributed by atoms with Gasteiger partial charge in [0.2, 0.25) is 0 Å². The molecule has 2 aliphatic rings. The van der Waals surface area contributed by atoms with Gasteiger partial charge in [0.15, 0.2) is 0 Å². The van der Waals surface area contributed by atoms with Crippen molar-refractivity contribution < 1.29 is 9.31 Å². The van der Waals surface area contributed by atoms with E-state index < -0.39 is 0 Å². The number of hydrogen-bond acceptors (Lipinski definition) is 3. The molecule has 3 nitrogen and oxygen atoms in total. The summed E-state index contributed by atoms with van der Waals surface area (Å²) in [7, 11) is -0.289. The van der Waals surface area contributed by atoms with Crippen molar-refractivity contribution in [3.05, 3.63) is 28.2 Å². The van der Waals surface area contributed by atoms with Gasteiger partial charge in [0, 0.05) is 4.47 Å². The van der Waals surface area contributed by atoms with Crippen LogP contribution in [0.25, 0.3) is 0 Å². The zero-order chi connectivity index (χ0) is 16.0. The van der Waals surface area contributed by atoms with Gasteiger partial charge in [-0.3, -0.25) is 0 Å². The summed E-state index contributed by atoms with van der Waals surface area (Å²) in [6, 6.07) is 6.56. The molecule has 0 bridgehead atoms. The Balaban J connectivity index is 1.81. The third kappa shape index (κ3) is 3.01. The Morgan fingerprint density at radius 1 is 1.09 bits per heavy atom. The first-order valence-corrected chi connectivity index (χ1v) is 8.95. The second-order valence-electron chi connectivity index (χ2n) is 7.39. The molecule has 2 fully saturated rings. The SMILES string of the molecule is CC1(C)OB(c2ccc(C3CCNCC3)c(Br)c2)OC1(C)C. The van der Waals surface area contributed by atoms with Crippen LogP contribution in [0, 0.1) is 0 Å². The smallest absolute Gasteiger partial charge is 0.399 e. The predicted octanol–water partition coefficient (Wildman–Crippen LogP) is 3.22. The van der Waals surface area contributed by atoms with E-state index in [9.17, 15) is 0 Å². The molecule has 2 aliphatic heterocycles. The highest BCUT2D eigenvalue weighted by atomic mass is 79.9. The minimum absolute atomic E-state index is 0.289. The largest absolute Gasteiger partial charge is 0.494 e. The highest BCUT2D eigenvalue weighted by Crippen LogP contribution is 2.37. The van der Waals surface area contributed by atoms with Gasteiger partial charge in [0.25, 0.3) is 0 Å². The van der Waals surface area contributed by atoms with Crippen LogP contribution in [0.3, 0.4) is 0 Å². The van der Waals surface area contributed by atoms with Gasteiger partial charge in [0.05, 0.1) is 11.2 Å². The lowest BCUT2D eigenvalue weighted by molar-refractivity contribution is 0.00578. The van der Waals surface area contributed by atoms with E-state index in [2.05, 4.69) is 67.1 Å². The number of nitrogens with one attached hydrogen (secondary N) is 1.